The molecular weight excluding hydrogens is 234 g/mol. The van der Waals surface area contributed by atoms with Crippen LogP contribution < -0.4 is 9.64 Å². The van der Waals surface area contributed by atoms with Crippen LogP contribution in [0.3, 0.4) is 0 Å². The van der Waals surface area contributed by atoms with Crippen LogP contribution in [-0.2, 0) is 0 Å². The van der Waals surface area contributed by atoms with Gasteiger partial charge < -0.3 is 9.64 Å². The van der Waals surface area contributed by atoms with Crippen LogP contribution in [0.1, 0.15) is 39.2 Å². The summed E-state index contributed by atoms with van der Waals surface area (Å²) in [4.78, 5) is 2.14. The van der Waals surface area contributed by atoms with Crippen LogP contribution >= 0.6 is 0 Å². The number of rotatable bonds is 4. The predicted octanol–water partition coefficient (Wildman–Crippen LogP) is 3.91. The second-order valence-electron chi connectivity index (χ2n) is 5.41. The second-order valence-corrected chi connectivity index (χ2v) is 5.41. The van der Waals surface area contributed by atoms with E-state index in [2.05, 4.69) is 69.7 Å². The van der Waals surface area contributed by atoms with E-state index >= 15 is 0 Å². The zero-order chi connectivity index (χ0) is 14.4. The van der Waals surface area contributed by atoms with Crippen molar-refractivity contribution < 1.29 is 4.74 Å². The zero-order valence-electron chi connectivity index (χ0n) is 12.9. The number of hydrogen-bond donors (Lipinski definition) is 0. The van der Waals surface area contributed by atoms with Gasteiger partial charge in [-0.1, -0.05) is 45.6 Å². The van der Waals surface area contributed by atoms with Gasteiger partial charge in [-0.25, -0.2) is 0 Å². The summed E-state index contributed by atoms with van der Waals surface area (Å²) in [6, 6.07) is 6.37. The molecule has 0 aliphatic heterocycles. The number of hydrogen-bond acceptors (Lipinski definition) is 2. The molecular formula is C17H25NO. The fraction of sp³-hybridized carbons (Fsp3) is 0.529. The van der Waals surface area contributed by atoms with Gasteiger partial charge in [-0.3, -0.25) is 0 Å². The van der Waals surface area contributed by atoms with Crippen LogP contribution in [0.25, 0.3) is 0 Å². The topological polar surface area (TPSA) is 12.5 Å². The van der Waals surface area contributed by atoms with E-state index in [1.165, 1.54) is 5.56 Å². The summed E-state index contributed by atoms with van der Waals surface area (Å²) in [5.41, 5.74) is 2.38. The molecule has 0 spiro atoms. The highest BCUT2D eigenvalue weighted by Crippen LogP contribution is 2.30. The number of benzene rings is 1. The number of anilines is 1. The van der Waals surface area contributed by atoms with Crippen LogP contribution in [0.15, 0.2) is 18.2 Å². The standard InChI is InChI=1S/C17H25NO/c1-13(2)8-7-11-18(5)15-9-10-16(14(3)4)17(12-15)19-6/h9-10,12-14H,11H2,1-6H3. The summed E-state index contributed by atoms with van der Waals surface area (Å²) in [6.45, 7) is 9.30. The fourth-order valence-electron chi connectivity index (χ4n) is 1.87. The van der Waals surface area contributed by atoms with Gasteiger partial charge >= 0.3 is 0 Å². The molecule has 0 saturated carbocycles. The van der Waals surface area contributed by atoms with Crippen molar-refractivity contribution in [2.75, 3.05) is 25.6 Å². The lowest BCUT2D eigenvalue weighted by Crippen LogP contribution is -2.17. The van der Waals surface area contributed by atoms with Gasteiger partial charge in [-0.15, -0.1) is 0 Å². The Morgan fingerprint density at radius 2 is 1.89 bits per heavy atom. The molecule has 1 aromatic carbocycles. The first-order valence-corrected chi connectivity index (χ1v) is 6.83. The van der Waals surface area contributed by atoms with Crippen LogP contribution in [-0.4, -0.2) is 20.7 Å². The van der Waals surface area contributed by atoms with Crippen LogP contribution in [0, 0.1) is 17.8 Å². The Morgan fingerprint density at radius 3 is 2.42 bits per heavy atom. The molecule has 0 aromatic heterocycles. The minimum absolute atomic E-state index is 0.422. The largest absolute Gasteiger partial charge is 0.496 e. The Morgan fingerprint density at radius 1 is 1.21 bits per heavy atom. The van der Waals surface area contributed by atoms with Gasteiger partial charge in [0.2, 0.25) is 0 Å². The van der Waals surface area contributed by atoms with E-state index < -0.39 is 0 Å². The van der Waals surface area contributed by atoms with Crippen molar-refractivity contribution in [1.29, 1.82) is 0 Å². The quantitative estimate of drug-likeness (QED) is 0.760. The zero-order valence-corrected chi connectivity index (χ0v) is 12.9. The monoisotopic (exact) mass is 259 g/mol. The van der Waals surface area contributed by atoms with Gasteiger partial charge in [0.25, 0.3) is 0 Å². The van der Waals surface area contributed by atoms with E-state index in [9.17, 15) is 0 Å². The van der Waals surface area contributed by atoms with E-state index in [4.69, 9.17) is 4.74 Å². The number of methoxy groups -OCH3 is 1. The van der Waals surface area contributed by atoms with Crippen molar-refractivity contribution in [2.24, 2.45) is 5.92 Å². The predicted molar refractivity (Wildman–Crippen MR) is 83.0 cm³/mol. The lowest BCUT2D eigenvalue weighted by Gasteiger charge is -2.19. The first-order chi connectivity index (χ1) is 8.95. The lowest BCUT2D eigenvalue weighted by molar-refractivity contribution is 0.407. The van der Waals surface area contributed by atoms with Gasteiger partial charge in [-0.05, 0) is 17.5 Å². The van der Waals surface area contributed by atoms with Gasteiger partial charge in [0.15, 0.2) is 0 Å². The summed E-state index contributed by atoms with van der Waals surface area (Å²) in [5.74, 6) is 8.22. The maximum absolute atomic E-state index is 5.48. The molecule has 0 saturated heterocycles. The Bertz CT molecular complexity index is 466. The molecule has 19 heavy (non-hydrogen) atoms. The smallest absolute Gasteiger partial charge is 0.124 e. The molecule has 0 bridgehead atoms. The summed E-state index contributed by atoms with van der Waals surface area (Å²) in [7, 11) is 3.78. The summed E-state index contributed by atoms with van der Waals surface area (Å²) >= 11 is 0. The molecule has 0 atom stereocenters. The molecule has 1 aromatic rings. The molecule has 0 aliphatic rings. The fourth-order valence-corrected chi connectivity index (χ4v) is 1.87. The van der Waals surface area contributed by atoms with E-state index in [-0.39, 0.29) is 0 Å². The first kappa shape index (κ1) is 15.4. The van der Waals surface area contributed by atoms with Crippen molar-refractivity contribution in [3.8, 4) is 17.6 Å². The molecule has 0 amide bonds. The molecule has 2 nitrogen and oxygen atoms in total. The molecule has 0 N–H and O–H groups in total. The van der Waals surface area contributed by atoms with Gasteiger partial charge in [0, 0.05) is 24.7 Å². The highest BCUT2D eigenvalue weighted by molar-refractivity contribution is 5.54. The second kappa shape index (κ2) is 7.09. The number of ether oxygens (including phenoxy) is 1. The summed E-state index contributed by atoms with van der Waals surface area (Å²) in [6.07, 6.45) is 0. The number of nitrogens with zero attached hydrogens (tertiary/aromatic N) is 1. The Balaban J connectivity index is 2.88. The Labute approximate surface area is 117 Å². The van der Waals surface area contributed by atoms with Gasteiger partial charge in [-0.2, -0.15) is 0 Å². The van der Waals surface area contributed by atoms with Gasteiger partial charge in [0.1, 0.15) is 5.75 Å². The van der Waals surface area contributed by atoms with E-state index in [0.29, 0.717) is 11.8 Å². The minimum atomic E-state index is 0.422. The molecule has 0 heterocycles. The first-order valence-electron chi connectivity index (χ1n) is 6.83. The normalized spacial score (nSPS) is 10.3. The van der Waals surface area contributed by atoms with Crippen molar-refractivity contribution in [2.45, 2.75) is 33.6 Å². The third-order valence-electron chi connectivity index (χ3n) is 2.99. The van der Waals surface area contributed by atoms with E-state index in [1.54, 1.807) is 7.11 Å². The Kier molecular flexibility index (Phi) is 5.76. The molecule has 0 unspecified atom stereocenters. The average Bonchev–Trinajstić information content (AvgIpc) is 2.37. The third kappa shape index (κ3) is 4.52. The van der Waals surface area contributed by atoms with Crippen molar-refractivity contribution in [1.82, 2.24) is 0 Å². The van der Waals surface area contributed by atoms with Gasteiger partial charge in [0.05, 0.1) is 13.7 Å². The maximum Gasteiger partial charge on any atom is 0.124 e. The SMILES string of the molecule is COc1cc(N(C)CC#CC(C)C)ccc1C(C)C. The minimum Gasteiger partial charge on any atom is -0.496 e. The van der Waals surface area contributed by atoms with Crippen molar-refractivity contribution in [3.63, 3.8) is 0 Å². The van der Waals surface area contributed by atoms with Crippen molar-refractivity contribution in [3.05, 3.63) is 23.8 Å². The van der Waals surface area contributed by atoms with Crippen molar-refractivity contribution >= 4 is 5.69 Å². The van der Waals surface area contributed by atoms with E-state index in [1.807, 2.05) is 0 Å². The van der Waals surface area contributed by atoms with Crippen LogP contribution in [0.2, 0.25) is 0 Å². The average molecular weight is 259 g/mol. The Hall–Kier alpha value is -1.62. The molecule has 0 fully saturated rings. The van der Waals surface area contributed by atoms with Crippen LogP contribution in [0.4, 0.5) is 5.69 Å². The van der Waals surface area contributed by atoms with E-state index in [0.717, 1.165) is 18.0 Å². The molecule has 0 aliphatic carbocycles. The maximum atomic E-state index is 5.48. The molecule has 2 heteroatoms. The highest BCUT2D eigenvalue weighted by Gasteiger charge is 2.09. The molecule has 104 valence electrons. The summed E-state index contributed by atoms with van der Waals surface area (Å²) in [5, 5.41) is 0. The molecule has 0 radical (unpaired) electrons. The lowest BCUT2D eigenvalue weighted by atomic mass is 10.0. The molecule has 1 rings (SSSR count). The highest BCUT2D eigenvalue weighted by atomic mass is 16.5. The summed E-state index contributed by atoms with van der Waals surface area (Å²) < 4.78 is 5.48. The third-order valence-corrected chi connectivity index (χ3v) is 2.99. The van der Waals surface area contributed by atoms with Crippen LogP contribution in [0.5, 0.6) is 5.75 Å².